The second kappa shape index (κ2) is 7.68. The number of carbonyl (C=O) groups is 4. The zero-order valence-electron chi connectivity index (χ0n) is 15.6. The number of rotatable bonds is 4. The lowest BCUT2D eigenvalue weighted by molar-refractivity contribution is -0.150. The van der Waals surface area contributed by atoms with Crippen molar-refractivity contribution in [2.45, 2.75) is 44.4 Å². The van der Waals surface area contributed by atoms with E-state index in [0.717, 1.165) is 5.56 Å². The molecule has 1 saturated carbocycles. The highest BCUT2D eigenvalue weighted by Gasteiger charge is 2.39. The summed E-state index contributed by atoms with van der Waals surface area (Å²) in [5.41, 5.74) is 1.99. The second-order valence-corrected chi connectivity index (χ2v) is 7.47. The third kappa shape index (κ3) is 3.74. The van der Waals surface area contributed by atoms with Crippen molar-refractivity contribution in [3.63, 3.8) is 0 Å². The van der Waals surface area contributed by atoms with Gasteiger partial charge in [-0.25, -0.2) is 0 Å². The van der Waals surface area contributed by atoms with Crippen LogP contribution in [0.25, 0.3) is 0 Å². The molecule has 0 bridgehead atoms. The fourth-order valence-corrected chi connectivity index (χ4v) is 3.90. The molecule has 1 atom stereocenters. The van der Waals surface area contributed by atoms with Gasteiger partial charge in [-0.05, 0) is 37.0 Å². The van der Waals surface area contributed by atoms with E-state index in [2.05, 4.69) is 17.2 Å². The summed E-state index contributed by atoms with van der Waals surface area (Å²) < 4.78 is 5.56. The Balaban J connectivity index is 1.41. The highest BCUT2D eigenvalue weighted by Crippen LogP contribution is 2.31. The van der Waals surface area contributed by atoms with Crippen LogP contribution in [0.1, 0.15) is 47.2 Å². The van der Waals surface area contributed by atoms with Gasteiger partial charge >= 0.3 is 5.97 Å². The number of benzene rings is 1. The van der Waals surface area contributed by atoms with Gasteiger partial charge in [0, 0.05) is 24.1 Å². The molecule has 2 fully saturated rings. The molecule has 1 aromatic carbocycles. The fourth-order valence-electron chi connectivity index (χ4n) is 3.90. The molecule has 150 valence electrons. The topological polar surface area (TPSA) is 113 Å². The summed E-state index contributed by atoms with van der Waals surface area (Å²) >= 11 is 0. The van der Waals surface area contributed by atoms with Gasteiger partial charge in [-0.2, -0.15) is 0 Å². The van der Waals surface area contributed by atoms with Crippen molar-refractivity contribution < 1.29 is 29.0 Å². The maximum atomic E-state index is 12.8. The lowest BCUT2D eigenvalue weighted by Gasteiger charge is -2.31. The largest absolute Gasteiger partial charge is 0.481 e. The van der Waals surface area contributed by atoms with Gasteiger partial charge in [0.1, 0.15) is 12.6 Å². The van der Waals surface area contributed by atoms with E-state index >= 15 is 0 Å². The van der Waals surface area contributed by atoms with Crippen LogP contribution in [-0.2, 0) is 25.7 Å². The lowest BCUT2D eigenvalue weighted by Crippen LogP contribution is -2.52. The molecule has 1 aliphatic carbocycles. The number of piperidine rings is 1. The molecular formula is C21H20N2O6. The van der Waals surface area contributed by atoms with E-state index in [1.165, 1.54) is 4.90 Å². The first-order valence-corrected chi connectivity index (χ1v) is 9.54. The van der Waals surface area contributed by atoms with E-state index in [0.29, 0.717) is 30.4 Å². The van der Waals surface area contributed by atoms with E-state index < -0.39 is 17.9 Å². The molecule has 2 heterocycles. The smallest absolute Gasteiger partial charge is 0.306 e. The zero-order valence-corrected chi connectivity index (χ0v) is 15.6. The van der Waals surface area contributed by atoms with Crippen LogP contribution in [0.4, 0.5) is 0 Å². The Hall–Kier alpha value is -3.18. The number of carboxylic acid groups (broad SMARTS) is 1. The Morgan fingerprint density at radius 2 is 2.07 bits per heavy atom. The molecular weight excluding hydrogens is 376 g/mol. The Kier molecular flexibility index (Phi) is 5.07. The number of ether oxygens (including phenoxy) is 1. The average molecular weight is 396 g/mol. The number of hydrogen-bond acceptors (Lipinski definition) is 5. The summed E-state index contributed by atoms with van der Waals surface area (Å²) in [4.78, 5) is 48.6. The number of hydrogen-bond donors (Lipinski definition) is 2. The molecule has 3 amide bonds. The Morgan fingerprint density at radius 3 is 2.79 bits per heavy atom. The van der Waals surface area contributed by atoms with Gasteiger partial charge in [0.05, 0.1) is 12.0 Å². The second-order valence-electron chi connectivity index (χ2n) is 7.47. The highest BCUT2D eigenvalue weighted by atomic mass is 16.5. The van der Waals surface area contributed by atoms with Crippen LogP contribution in [0.5, 0.6) is 0 Å². The number of carbonyl (C=O) groups excluding carboxylic acids is 3. The predicted molar refractivity (Wildman–Crippen MR) is 99.5 cm³/mol. The van der Waals surface area contributed by atoms with Gasteiger partial charge in [0.15, 0.2) is 0 Å². The standard InChI is InChI=1S/C21H20N2O6/c24-18-7-6-17(19(25)22-18)23-11-16-12(3-1-5-15(16)20(23)26)4-2-8-29-14-9-13(10-14)21(27)28/h1,3,5,13-14,17H,6-11H2,(H,27,28)(H,22,24,25)/t13-,14+,17?. The molecule has 0 aromatic heterocycles. The molecule has 0 spiro atoms. The minimum absolute atomic E-state index is 0.0727. The third-order valence-electron chi connectivity index (χ3n) is 5.64. The predicted octanol–water partition coefficient (Wildman–Crippen LogP) is 0.679. The Morgan fingerprint density at radius 1 is 1.28 bits per heavy atom. The van der Waals surface area contributed by atoms with Crippen LogP contribution in [0, 0.1) is 17.8 Å². The minimum atomic E-state index is -0.791. The van der Waals surface area contributed by atoms with Crippen LogP contribution >= 0.6 is 0 Å². The lowest BCUT2D eigenvalue weighted by atomic mass is 9.82. The summed E-state index contributed by atoms with van der Waals surface area (Å²) in [5.74, 6) is 3.84. The first-order valence-electron chi connectivity index (χ1n) is 9.54. The molecule has 2 N–H and O–H groups in total. The summed E-state index contributed by atoms with van der Waals surface area (Å²) in [6.07, 6.45) is 1.47. The van der Waals surface area contributed by atoms with Gasteiger partial charge in [-0.1, -0.05) is 17.9 Å². The quantitative estimate of drug-likeness (QED) is 0.572. The first kappa shape index (κ1) is 19.2. The average Bonchev–Trinajstić information content (AvgIpc) is 2.97. The summed E-state index contributed by atoms with van der Waals surface area (Å²) in [6.45, 7) is 0.459. The minimum Gasteiger partial charge on any atom is -0.481 e. The number of fused-ring (bicyclic) bond motifs is 1. The SMILES string of the molecule is O=C1CCC(N2Cc3c(C#CCO[C@H]4C[C@@H](C(=O)O)C4)cccc3C2=O)C(=O)N1. The van der Waals surface area contributed by atoms with Crippen molar-refractivity contribution in [1.29, 1.82) is 0 Å². The van der Waals surface area contributed by atoms with E-state index in [4.69, 9.17) is 9.84 Å². The molecule has 3 aliphatic rings. The van der Waals surface area contributed by atoms with Crippen molar-refractivity contribution in [3.8, 4) is 11.8 Å². The molecule has 0 radical (unpaired) electrons. The monoisotopic (exact) mass is 396 g/mol. The molecule has 1 aromatic rings. The first-order chi connectivity index (χ1) is 13.9. The van der Waals surface area contributed by atoms with Gasteiger partial charge in [-0.3, -0.25) is 24.5 Å². The normalized spacial score (nSPS) is 25.6. The number of nitrogens with zero attached hydrogens (tertiary/aromatic N) is 1. The van der Waals surface area contributed by atoms with Gasteiger partial charge < -0.3 is 14.7 Å². The van der Waals surface area contributed by atoms with Crippen molar-refractivity contribution in [2.24, 2.45) is 5.92 Å². The fraction of sp³-hybridized carbons (Fsp3) is 0.429. The van der Waals surface area contributed by atoms with Gasteiger partial charge in [0.25, 0.3) is 5.91 Å². The van der Waals surface area contributed by atoms with E-state index in [1.807, 2.05) is 6.07 Å². The maximum Gasteiger partial charge on any atom is 0.306 e. The van der Waals surface area contributed by atoms with Gasteiger partial charge in [-0.15, -0.1) is 0 Å². The molecule has 1 saturated heterocycles. The molecule has 29 heavy (non-hydrogen) atoms. The zero-order chi connectivity index (χ0) is 20.5. The summed E-state index contributed by atoms with van der Waals surface area (Å²) in [5, 5.41) is 11.2. The number of nitrogens with one attached hydrogen (secondary N) is 1. The van der Waals surface area contributed by atoms with Crippen LogP contribution in [-0.4, -0.2) is 52.4 Å². The number of aliphatic carboxylic acids is 1. The third-order valence-corrected chi connectivity index (χ3v) is 5.64. The van der Waals surface area contributed by atoms with Crippen LogP contribution in [0.3, 0.4) is 0 Å². The van der Waals surface area contributed by atoms with Crippen molar-refractivity contribution in [2.75, 3.05) is 6.61 Å². The number of amides is 3. The van der Waals surface area contributed by atoms with Crippen LogP contribution < -0.4 is 5.32 Å². The summed E-state index contributed by atoms with van der Waals surface area (Å²) in [7, 11) is 0. The van der Waals surface area contributed by atoms with Crippen molar-refractivity contribution in [1.82, 2.24) is 10.2 Å². The molecule has 2 aliphatic heterocycles. The van der Waals surface area contributed by atoms with Gasteiger partial charge in [0.2, 0.25) is 11.8 Å². The molecule has 8 heteroatoms. The van der Waals surface area contributed by atoms with Crippen molar-refractivity contribution >= 4 is 23.7 Å². The molecule has 1 unspecified atom stereocenters. The van der Waals surface area contributed by atoms with E-state index in [9.17, 15) is 19.2 Å². The molecule has 4 rings (SSSR count). The van der Waals surface area contributed by atoms with E-state index in [-0.39, 0.29) is 43.4 Å². The van der Waals surface area contributed by atoms with Crippen LogP contribution in [0.15, 0.2) is 18.2 Å². The number of imide groups is 1. The molecule has 8 nitrogen and oxygen atoms in total. The number of carboxylic acids is 1. The maximum absolute atomic E-state index is 12.8. The highest BCUT2D eigenvalue weighted by molar-refractivity contribution is 6.05. The Bertz CT molecular complexity index is 954. The van der Waals surface area contributed by atoms with E-state index in [1.54, 1.807) is 12.1 Å². The summed E-state index contributed by atoms with van der Waals surface area (Å²) in [6, 6.07) is 4.62. The Labute approximate surface area is 167 Å². The van der Waals surface area contributed by atoms with Crippen molar-refractivity contribution in [3.05, 3.63) is 34.9 Å². The van der Waals surface area contributed by atoms with Crippen LogP contribution in [0.2, 0.25) is 0 Å².